The number of hydrogen-bond donors (Lipinski definition) is 2. The molecule has 3 heteroatoms. The molecule has 2 N–H and O–H groups in total. The minimum Gasteiger partial charge on any atom is -0.393 e. The van der Waals surface area contributed by atoms with E-state index in [9.17, 15) is 5.11 Å². The van der Waals surface area contributed by atoms with Gasteiger partial charge in [-0.25, -0.2) is 0 Å². The first-order valence-corrected chi connectivity index (χ1v) is 6.61. The van der Waals surface area contributed by atoms with Crippen molar-refractivity contribution in [2.45, 2.75) is 50.8 Å². The van der Waals surface area contributed by atoms with Crippen LogP contribution in [-0.4, -0.2) is 17.3 Å². The van der Waals surface area contributed by atoms with Gasteiger partial charge in [-0.15, -0.1) is 11.3 Å². The van der Waals surface area contributed by atoms with E-state index in [1.54, 1.807) is 0 Å². The smallest absolute Gasteiger partial charge is 0.0541 e. The Balaban J connectivity index is 1.82. The number of thiophene rings is 1. The van der Waals surface area contributed by atoms with Crippen LogP contribution in [0.2, 0.25) is 0 Å². The zero-order valence-corrected chi connectivity index (χ0v) is 9.96. The SMILES string of the molecule is CC(NC1CCC(O)CC1)c1cccs1. The highest BCUT2D eigenvalue weighted by Gasteiger charge is 2.20. The lowest BCUT2D eigenvalue weighted by molar-refractivity contribution is 0.114. The Labute approximate surface area is 95.3 Å². The highest BCUT2D eigenvalue weighted by atomic mass is 32.1. The zero-order valence-electron chi connectivity index (χ0n) is 9.15. The monoisotopic (exact) mass is 225 g/mol. The van der Waals surface area contributed by atoms with Crippen LogP contribution in [0.15, 0.2) is 17.5 Å². The molecule has 84 valence electrons. The second kappa shape index (κ2) is 5.10. The lowest BCUT2D eigenvalue weighted by atomic mass is 9.92. The molecule has 2 rings (SSSR count). The maximum atomic E-state index is 9.42. The largest absolute Gasteiger partial charge is 0.393 e. The molecule has 0 radical (unpaired) electrons. The van der Waals surface area contributed by atoms with Crippen molar-refractivity contribution in [2.24, 2.45) is 0 Å². The van der Waals surface area contributed by atoms with Gasteiger partial charge in [-0.1, -0.05) is 6.07 Å². The molecule has 1 aromatic rings. The molecular weight excluding hydrogens is 206 g/mol. The molecule has 0 spiro atoms. The fourth-order valence-electron chi connectivity index (χ4n) is 2.22. The molecule has 1 atom stereocenters. The van der Waals surface area contributed by atoms with Crippen LogP contribution < -0.4 is 5.32 Å². The van der Waals surface area contributed by atoms with Gasteiger partial charge in [0.2, 0.25) is 0 Å². The van der Waals surface area contributed by atoms with Crippen LogP contribution in [0.5, 0.6) is 0 Å². The lowest BCUT2D eigenvalue weighted by Crippen LogP contribution is -2.35. The average molecular weight is 225 g/mol. The van der Waals surface area contributed by atoms with Gasteiger partial charge in [0.15, 0.2) is 0 Å². The Bertz CT molecular complexity index is 278. The topological polar surface area (TPSA) is 32.3 Å². The number of aliphatic hydroxyl groups excluding tert-OH is 1. The average Bonchev–Trinajstić information content (AvgIpc) is 2.74. The molecule has 2 nitrogen and oxygen atoms in total. The molecule has 1 unspecified atom stereocenters. The van der Waals surface area contributed by atoms with Crippen molar-refractivity contribution in [3.8, 4) is 0 Å². The van der Waals surface area contributed by atoms with Crippen LogP contribution in [0.4, 0.5) is 0 Å². The molecule has 1 aromatic heterocycles. The molecule has 0 bridgehead atoms. The van der Waals surface area contributed by atoms with Crippen molar-refractivity contribution in [1.82, 2.24) is 5.32 Å². The summed E-state index contributed by atoms with van der Waals surface area (Å²) >= 11 is 1.81. The Hall–Kier alpha value is -0.380. The molecule has 1 fully saturated rings. The van der Waals surface area contributed by atoms with Crippen LogP contribution >= 0.6 is 11.3 Å². The predicted octanol–water partition coefficient (Wildman–Crippen LogP) is 2.70. The fraction of sp³-hybridized carbons (Fsp3) is 0.667. The summed E-state index contributed by atoms with van der Waals surface area (Å²) in [5, 5.41) is 15.2. The number of hydrogen-bond acceptors (Lipinski definition) is 3. The second-order valence-corrected chi connectivity index (χ2v) is 5.39. The third kappa shape index (κ3) is 3.03. The Morgan fingerprint density at radius 1 is 1.40 bits per heavy atom. The third-order valence-corrected chi connectivity index (χ3v) is 4.21. The van der Waals surface area contributed by atoms with Crippen molar-refractivity contribution in [3.05, 3.63) is 22.4 Å². The van der Waals surface area contributed by atoms with Gasteiger partial charge in [0.25, 0.3) is 0 Å². The summed E-state index contributed by atoms with van der Waals surface area (Å²) in [6.07, 6.45) is 4.07. The molecule has 0 saturated heterocycles. The quantitative estimate of drug-likeness (QED) is 0.829. The van der Waals surface area contributed by atoms with Crippen LogP contribution in [0.1, 0.15) is 43.5 Å². The van der Waals surface area contributed by atoms with E-state index in [0.717, 1.165) is 25.7 Å². The van der Waals surface area contributed by atoms with Gasteiger partial charge < -0.3 is 10.4 Å². The first-order valence-electron chi connectivity index (χ1n) is 5.73. The van der Waals surface area contributed by atoms with Crippen LogP contribution in [-0.2, 0) is 0 Å². The molecular formula is C12H19NOS. The van der Waals surface area contributed by atoms with E-state index in [-0.39, 0.29) is 6.10 Å². The van der Waals surface area contributed by atoms with Gasteiger partial charge >= 0.3 is 0 Å². The summed E-state index contributed by atoms with van der Waals surface area (Å²) in [4.78, 5) is 1.40. The maximum Gasteiger partial charge on any atom is 0.0541 e. The standard InChI is InChI=1S/C12H19NOS/c1-9(12-3-2-8-15-12)13-10-4-6-11(14)7-5-10/h2-3,8-11,13-14H,4-7H2,1H3. The van der Waals surface area contributed by atoms with Gasteiger partial charge in [0.05, 0.1) is 6.10 Å². The summed E-state index contributed by atoms with van der Waals surface area (Å²) in [6.45, 7) is 2.22. The third-order valence-electron chi connectivity index (χ3n) is 3.15. The zero-order chi connectivity index (χ0) is 10.7. The minimum absolute atomic E-state index is 0.0555. The molecule has 0 aromatic carbocycles. The van der Waals surface area contributed by atoms with E-state index in [1.807, 2.05) is 11.3 Å². The minimum atomic E-state index is -0.0555. The van der Waals surface area contributed by atoms with Crippen molar-refractivity contribution >= 4 is 11.3 Å². The lowest BCUT2D eigenvalue weighted by Gasteiger charge is -2.28. The van der Waals surface area contributed by atoms with Gasteiger partial charge in [-0.3, -0.25) is 0 Å². The van der Waals surface area contributed by atoms with Crippen molar-refractivity contribution < 1.29 is 5.11 Å². The van der Waals surface area contributed by atoms with Crippen LogP contribution in [0.25, 0.3) is 0 Å². The Kier molecular flexibility index (Phi) is 3.78. The van der Waals surface area contributed by atoms with Crippen molar-refractivity contribution in [1.29, 1.82) is 0 Å². The number of rotatable bonds is 3. The van der Waals surface area contributed by atoms with Crippen molar-refractivity contribution in [3.63, 3.8) is 0 Å². The number of aliphatic hydroxyl groups is 1. The maximum absolute atomic E-state index is 9.42. The van der Waals surface area contributed by atoms with Crippen LogP contribution in [0, 0.1) is 0 Å². The molecule has 0 aliphatic heterocycles. The summed E-state index contributed by atoms with van der Waals surface area (Å²) in [7, 11) is 0. The van der Waals surface area contributed by atoms with E-state index in [0.29, 0.717) is 12.1 Å². The van der Waals surface area contributed by atoms with Gasteiger partial charge in [0, 0.05) is 17.0 Å². The highest BCUT2D eigenvalue weighted by molar-refractivity contribution is 7.10. The molecule has 0 amide bonds. The normalized spacial score (nSPS) is 28.9. The van der Waals surface area contributed by atoms with E-state index in [2.05, 4.69) is 29.8 Å². The highest BCUT2D eigenvalue weighted by Crippen LogP contribution is 2.23. The fourth-order valence-corrected chi connectivity index (χ4v) is 2.96. The molecule has 15 heavy (non-hydrogen) atoms. The van der Waals surface area contributed by atoms with Crippen LogP contribution in [0.3, 0.4) is 0 Å². The molecule has 1 saturated carbocycles. The molecule has 1 aliphatic carbocycles. The molecule has 1 heterocycles. The van der Waals surface area contributed by atoms with E-state index >= 15 is 0 Å². The summed E-state index contributed by atoms with van der Waals surface area (Å²) in [5.74, 6) is 0. The first kappa shape index (κ1) is 11.1. The molecule has 1 aliphatic rings. The van der Waals surface area contributed by atoms with Gasteiger partial charge in [0.1, 0.15) is 0 Å². The Morgan fingerprint density at radius 2 is 2.13 bits per heavy atom. The summed E-state index contributed by atoms with van der Waals surface area (Å²) in [6, 6.07) is 5.32. The first-order chi connectivity index (χ1) is 7.25. The van der Waals surface area contributed by atoms with Crippen molar-refractivity contribution in [2.75, 3.05) is 0 Å². The Morgan fingerprint density at radius 3 is 2.73 bits per heavy atom. The predicted molar refractivity (Wildman–Crippen MR) is 64.1 cm³/mol. The van der Waals surface area contributed by atoms with Gasteiger partial charge in [-0.2, -0.15) is 0 Å². The van der Waals surface area contributed by atoms with Gasteiger partial charge in [-0.05, 0) is 44.1 Å². The summed E-state index contributed by atoms with van der Waals surface area (Å²) < 4.78 is 0. The number of nitrogens with one attached hydrogen (secondary N) is 1. The van der Waals surface area contributed by atoms with E-state index in [1.165, 1.54) is 4.88 Å². The van der Waals surface area contributed by atoms with E-state index < -0.39 is 0 Å². The summed E-state index contributed by atoms with van der Waals surface area (Å²) in [5.41, 5.74) is 0. The second-order valence-electron chi connectivity index (χ2n) is 4.41. The van der Waals surface area contributed by atoms with E-state index in [4.69, 9.17) is 0 Å².